The van der Waals surface area contributed by atoms with Gasteiger partial charge in [0, 0.05) is 6.42 Å². The van der Waals surface area contributed by atoms with E-state index in [1.54, 1.807) is 0 Å². The first-order valence-electron chi connectivity index (χ1n) is 5.96. The summed E-state index contributed by atoms with van der Waals surface area (Å²) in [6.45, 7) is 2.24. The Hall–Kier alpha value is -1.56. The lowest BCUT2D eigenvalue weighted by Gasteiger charge is -2.06. The Kier molecular flexibility index (Phi) is 2.28. The fourth-order valence-corrected chi connectivity index (χ4v) is 2.53. The van der Waals surface area contributed by atoms with Crippen molar-refractivity contribution in [1.29, 1.82) is 0 Å². The van der Waals surface area contributed by atoms with E-state index < -0.39 is 0 Å². The summed E-state index contributed by atoms with van der Waals surface area (Å²) in [4.78, 5) is 0. The lowest BCUT2D eigenvalue weighted by molar-refractivity contribution is 0.917. The lowest BCUT2D eigenvalue weighted by atomic mass is 9.98. The van der Waals surface area contributed by atoms with E-state index in [2.05, 4.69) is 55.8 Å². The largest absolute Gasteiger partial charge is 0.0651 e. The van der Waals surface area contributed by atoms with Crippen molar-refractivity contribution in [2.45, 2.75) is 19.8 Å². The molecule has 2 aromatic carbocycles. The third-order valence-electron chi connectivity index (χ3n) is 3.27. The molecule has 0 heterocycles. The minimum atomic E-state index is 1.17. The van der Waals surface area contributed by atoms with Crippen molar-refractivity contribution in [3.8, 4) is 11.1 Å². The third kappa shape index (κ3) is 1.37. The molecule has 1 radical (unpaired) electrons. The molecule has 0 aliphatic heterocycles. The highest BCUT2D eigenvalue weighted by Gasteiger charge is 2.19. The van der Waals surface area contributed by atoms with E-state index in [4.69, 9.17) is 0 Å². The van der Waals surface area contributed by atoms with Crippen molar-refractivity contribution < 1.29 is 0 Å². The Bertz CT molecular complexity index is 523. The second kappa shape index (κ2) is 3.79. The van der Waals surface area contributed by atoms with Gasteiger partial charge in [0.2, 0.25) is 0 Å². The molecular weight excluding hydrogens is 192 g/mol. The van der Waals surface area contributed by atoms with Crippen molar-refractivity contribution in [2.24, 2.45) is 0 Å². The fraction of sp³-hybridized carbons (Fsp3) is 0.188. The predicted octanol–water partition coefficient (Wildman–Crippen LogP) is 4.22. The Labute approximate surface area is 96.9 Å². The molecule has 2 aromatic rings. The highest BCUT2D eigenvalue weighted by atomic mass is 14.2. The third-order valence-corrected chi connectivity index (χ3v) is 3.27. The van der Waals surface area contributed by atoms with Crippen LogP contribution in [0.5, 0.6) is 0 Å². The topological polar surface area (TPSA) is 0 Å². The molecular formula is C16H15. The van der Waals surface area contributed by atoms with Crippen LogP contribution in [0.3, 0.4) is 0 Å². The van der Waals surface area contributed by atoms with Crippen LogP contribution in [-0.2, 0) is 6.42 Å². The molecule has 0 bridgehead atoms. The average molecular weight is 207 g/mol. The molecule has 0 saturated carbocycles. The maximum absolute atomic E-state index is 2.33. The summed E-state index contributed by atoms with van der Waals surface area (Å²) in [6.07, 6.45) is 4.71. The zero-order valence-corrected chi connectivity index (χ0v) is 9.53. The summed E-state index contributed by atoms with van der Waals surface area (Å²) in [5, 5.41) is 0. The molecule has 1 aliphatic carbocycles. The predicted molar refractivity (Wildman–Crippen MR) is 68.4 cm³/mol. The van der Waals surface area contributed by atoms with Crippen molar-refractivity contribution in [3.63, 3.8) is 0 Å². The zero-order chi connectivity index (χ0) is 11.0. The van der Waals surface area contributed by atoms with Gasteiger partial charge in [0.05, 0.1) is 0 Å². The molecule has 1 aliphatic rings. The molecule has 0 amide bonds. The molecule has 0 atom stereocenters. The molecule has 0 unspecified atom stereocenters. The number of aryl methyl sites for hydroxylation is 1. The molecule has 0 heteroatoms. The van der Waals surface area contributed by atoms with E-state index in [0.717, 1.165) is 0 Å². The number of rotatable bonds is 2. The zero-order valence-electron chi connectivity index (χ0n) is 9.53. The van der Waals surface area contributed by atoms with Gasteiger partial charge in [-0.15, -0.1) is 0 Å². The van der Waals surface area contributed by atoms with E-state index >= 15 is 0 Å². The molecule has 0 fully saturated rings. The van der Waals surface area contributed by atoms with Crippen molar-refractivity contribution >= 4 is 0 Å². The van der Waals surface area contributed by atoms with Gasteiger partial charge in [-0.3, -0.25) is 0 Å². The smallest absolute Gasteiger partial charge is 0.0214 e. The standard InChI is InChI=1S/C16H15/c1-2-6-12-8-5-10-15-14-9-4-3-7-13(14)11-16(12)15/h3-5,7-11H,2,6H2,1H3. The molecule has 3 rings (SSSR count). The number of hydrogen-bond acceptors (Lipinski definition) is 0. The first-order chi connectivity index (χ1) is 7.90. The minimum absolute atomic E-state index is 1.17. The quantitative estimate of drug-likeness (QED) is 0.590. The van der Waals surface area contributed by atoms with Crippen LogP contribution in [0, 0.1) is 6.42 Å². The average Bonchev–Trinajstić information content (AvgIpc) is 2.69. The molecule has 16 heavy (non-hydrogen) atoms. The van der Waals surface area contributed by atoms with Crippen LogP contribution < -0.4 is 0 Å². The molecule has 0 N–H and O–H groups in total. The van der Waals surface area contributed by atoms with Gasteiger partial charge in [-0.1, -0.05) is 55.8 Å². The summed E-state index contributed by atoms with van der Waals surface area (Å²) >= 11 is 0. The van der Waals surface area contributed by atoms with E-state index in [9.17, 15) is 0 Å². The Morgan fingerprint density at radius 1 is 0.875 bits per heavy atom. The van der Waals surface area contributed by atoms with Crippen molar-refractivity contribution in [3.05, 3.63) is 65.6 Å². The lowest BCUT2D eigenvalue weighted by Crippen LogP contribution is -1.90. The van der Waals surface area contributed by atoms with Gasteiger partial charge < -0.3 is 0 Å². The highest BCUT2D eigenvalue weighted by molar-refractivity contribution is 5.82. The summed E-state index contributed by atoms with van der Waals surface area (Å²) in [6, 6.07) is 15.3. The van der Waals surface area contributed by atoms with E-state index in [1.807, 2.05) is 0 Å². The van der Waals surface area contributed by atoms with Gasteiger partial charge >= 0.3 is 0 Å². The van der Waals surface area contributed by atoms with Crippen LogP contribution in [0.1, 0.15) is 30.0 Å². The molecule has 79 valence electrons. The summed E-state index contributed by atoms with van der Waals surface area (Å²) in [7, 11) is 0. The molecule has 0 nitrogen and oxygen atoms in total. The van der Waals surface area contributed by atoms with Crippen molar-refractivity contribution in [2.75, 3.05) is 0 Å². The maximum Gasteiger partial charge on any atom is 0.0214 e. The van der Waals surface area contributed by atoms with Crippen LogP contribution >= 0.6 is 0 Å². The molecule has 0 saturated heterocycles. The summed E-state index contributed by atoms with van der Waals surface area (Å²) < 4.78 is 0. The van der Waals surface area contributed by atoms with Crippen LogP contribution in [0.2, 0.25) is 0 Å². The number of hydrogen-bond donors (Lipinski definition) is 0. The van der Waals surface area contributed by atoms with Gasteiger partial charge in [0.25, 0.3) is 0 Å². The fourth-order valence-electron chi connectivity index (χ4n) is 2.53. The van der Waals surface area contributed by atoms with Crippen LogP contribution in [-0.4, -0.2) is 0 Å². The minimum Gasteiger partial charge on any atom is -0.0651 e. The van der Waals surface area contributed by atoms with Gasteiger partial charge in [-0.25, -0.2) is 0 Å². The van der Waals surface area contributed by atoms with E-state index in [-0.39, 0.29) is 0 Å². The molecule has 0 spiro atoms. The highest BCUT2D eigenvalue weighted by Crippen LogP contribution is 2.39. The monoisotopic (exact) mass is 207 g/mol. The van der Waals surface area contributed by atoms with Crippen LogP contribution in [0.4, 0.5) is 0 Å². The van der Waals surface area contributed by atoms with Crippen LogP contribution in [0.25, 0.3) is 11.1 Å². The van der Waals surface area contributed by atoms with Crippen molar-refractivity contribution in [1.82, 2.24) is 0 Å². The number of fused-ring (bicyclic) bond motifs is 3. The first kappa shape index (κ1) is 9.65. The summed E-state index contributed by atoms with van der Waals surface area (Å²) in [5.41, 5.74) is 7.07. The van der Waals surface area contributed by atoms with E-state index in [1.165, 1.54) is 40.7 Å². The second-order valence-corrected chi connectivity index (χ2v) is 4.36. The normalized spacial score (nSPS) is 12.3. The SMILES string of the molecule is CCCc1cccc2c1[CH]c1ccccc1-2. The first-order valence-corrected chi connectivity index (χ1v) is 5.96. The molecule has 0 aromatic heterocycles. The van der Waals surface area contributed by atoms with Gasteiger partial charge in [0.15, 0.2) is 0 Å². The Morgan fingerprint density at radius 2 is 1.69 bits per heavy atom. The van der Waals surface area contributed by atoms with Gasteiger partial charge in [-0.2, -0.15) is 0 Å². The number of benzene rings is 2. The van der Waals surface area contributed by atoms with E-state index in [0.29, 0.717) is 0 Å². The Balaban J connectivity index is 2.16. The second-order valence-electron chi connectivity index (χ2n) is 4.36. The maximum atomic E-state index is 2.33. The summed E-state index contributed by atoms with van der Waals surface area (Å²) in [5.74, 6) is 0. The van der Waals surface area contributed by atoms with Gasteiger partial charge in [-0.05, 0) is 34.2 Å². The Morgan fingerprint density at radius 3 is 2.56 bits per heavy atom. The van der Waals surface area contributed by atoms with Crippen LogP contribution in [0.15, 0.2) is 42.5 Å². The van der Waals surface area contributed by atoms with Gasteiger partial charge in [0.1, 0.15) is 0 Å².